The summed E-state index contributed by atoms with van der Waals surface area (Å²) in [6.45, 7) is 16.6. The molecule has 1 fully saturated rings. The van der Waals surface area contributed by atoms with Gasteiger partial charge < -0.3 is 4.90 Å². The van der Waals surface area contributed by atoms with Gasteiger partial charge in [-0.05, 0) is 51.7 Å². The average Bonchev–Trinajstić information content (AvgIpc) is 2.45. The highest BCUT2D eigenvalue weighted by Crippen LogP contribution is 2.23. The predicted molar refractivity (Wildman–Crippen MR) is 86.1 cm³/mol. The van der Waals surface area contributed by atoms with Gasteiger partial charge in [0.15, 0.2) is 0 Å². The van der Waals surface area contributed by atoms with E-state index in [4.69, 9.17) is 0 Å². The fourth-order valence-corrected chi connectivity index (χ4v) is 2.11. The van der Waals surface area contributed by atoms with Gasteiger partial charge >= 0.3 is 0 Å². The molecule has 0 N–H and O–H groups in total. The van der Waals surface area contributed by atoms with Gasteiger partial charge in [-0.3, -0.25) is 0 Å². The normalized spacial score (nSPS) is 17.1. The second-order valence-electron chi connectivity index (χ2n) is 4.34. The molecule has 18 heavy (non-hydrogen) atoms. The molecule has 0 aromatic heterocycles. The number of piperidine rings is 1. The van der Waals surface area contributed by atoms with Crippen molar-refractivity contribution in [2.24, 2.45) is 5.92 Å². The summed E-state index contributed by atoms with van der Waals surface area (Å²) in [7, 11) is 2.21. The van der Waals surface area contributed by atoms with Crippen LogP contribution in [0.3, 0.4) is 0 Å². The Labute approximate surface area is 116 Å². The lowest BCUT2D eigenvalue weighted by Gasteiger charge is -2.29. The van der Waals surface area contributed by atoms with Crippen molar-refractivity contribution in [1.82, 2.24) is 4.90 Å². The molecule has 0 aliphatic carbocycles. The second kappa shape index (κ2) is 14.5. The molecule has 1 heteroatoms. The van der Waals surface area contributed by atoms with Gasteiger partial charge in [0.05, 0.1) is 0 Å². The first-order chi connectivity index (χ1) is 8.76. The van der Waals surface area contributed by atoms with E-state index in [-0.39, 0.29) is 0 Å². The first-order valence-electron chi connectivity index (χ1n) is 7.76. The summed E-state index contributed by atoms with van der Waals surface area (Å²) in [5, 5.41) is 0. The van der Waals surface area contributed by atoms with Gasteiger partial charge in [0.2, 0.25) is 0 Å². The summed E-state index contributed by atoms with van der Waals surface area (Å²) >= 11 is 0. The third kappa shape index (κ3) is 9.47. The molecule has 0 aromatic carbocycles. The molecule has 0 aromatic rings. The number of likely N-dealkylation sites (tertiary alicyclic amines) is 1. The minimum Gasteiger partial charge on any atom is -0.306 e. The monoisotopic (exact) mass is 253 g/mol. The minimum absolute atomic E-state index is 0.891. The molecule has 0 atom stereocenters. The lowest BCUT2D eigenvalue weighted by molar-refractivity contribution is 0.219. The fraction of sp³-hybridized carbons (Fsp3) is 0.765. The topological polar surface area (TPSA) is 3.24 Å². The van der Waals surface area contributed by atoms with Crippen LogP contribution in [0, 0.1) is 5.92 Å². The zero-order valence-corrected chi connectivity index (χ0v) is 13.6. The van der Waals surface area contributed by atoms with Crippen molar-refractivity contribution in [3.8, 4) is 0 Å². The van der Waals surface area contributed by atoms with Crippen molar-refractivity contribution in [3.05, 3.63) is 24.3 Å². The number of allylic oxidation sites excluding steroid dienone is 3. The molecular formula is C17H35N. The number of hydrogen-bond donors (Lipinski definition) is 0. The van der Waals surface area contributed by atoms with Gasteiger partial charge in [0.25, 0.3) is 0 Å². The molecule has 1 rings (SSSR count). The first-order valence-corrected chi connectivity index (χ1v) is 7.76. The Morgan fingerprint density at radius 2 is 1.67 bits per heavy atom. The zero-order valence-electron chi connectivity index (χ0n) is 13.6. The van der Waals surface area contributed by atoms with Crippen LogP contribution in [0.5, 0.6) is 0 Å². The van der Waals surface area contributed by atoms with Gasteiger partial charge in [-0.25, -0.2) is 0 Å². The van der Waals surface area contributed by atoms with Gasteiger partial charge in [-0.1, -0.05) is 58.9 Å². The van der Waals surface area contributed by atoms with Crippen LogP contribution in [-0.2, 0) is 0 Å². The Bertz CT molecular complexity index is 198. The molecule has 108 valence electrons. The maximum absolute atomic E-state index is 3.88. The Hall–Kier alpha value is -0.560. The van der Waals surface area contributed by atoms with Crippen LogP contribution in [0.2, 0.25) is 0 Å². The SMILES string of the molecule is C=C/C(=C\CC)CC1CCN(C)CC1.CC.CC. The summed E-state index contributed by atoms with van der Waals surface area (Å²) < 4.78 is 0. The number of hydrogen-bond acceptors (Lipinski definition) is 1. The Morgan fingerprint density at radius 3 is 2.06 bits per heavy atom. The summed E-state index contributed by atoms with van der Waals surface area (Å²) in [5.41, 5.74) is 1.45. The van der Waals surface area contributed by atoms with Crippen LogP contribution < -0.4 is 0 Å². The molecule has 0 radical (unpaired) electrons. The average molecular weight is 253 g/mol. The van der Waals surface area contributed by atoms with Crippen molar-refractivity contribution in [3.63, 3.8) is 0 Å². The van der Waals surface area contributed by atoms with Crippen molar-refractivity contribution in [1.29, 1.82) is 0 Å². The summed E-state index contributed by atoms with van der Waals surface area (Å²) in [6, 6.07) is 0. The highest BCUT2D eigenvalue weighted by atomic mass is 15.1. The minimum atomic E-state index is 0.891. The van der Waals surface area contributed by atoms with Crippen molar-refractivity contribution in [2.75, 3.05) is 20.1 Å². The second-order valence-corrected chi connectivity index (χ2v) is 4.34. The Balaban J connectivity index is 0. The van der Waals surface area contributed by atoms with Crippen LogP contribution >= 0.6 is 0 Å². The summed E-state index contributed by atoms with van der Waals surface area (Å²) in [4.78, 5) is 2.42. The third-order valence-corrected chi connectivity index (χ3v) is 3.09. The Morgan fingerprint density at radius 1 is 1.17 bits per heavy atom. The van der Waals surface area contributed by atoms with Crippen molar-refractivity contribution >= 4 is 0 Å². The van der Waals surface area contributed by atoms with E-state index in [0.717, 1.165) is 12.3 Å². The van der Waals surface area contributed by atoms with E-state index in [0.29, 0.717) is 0 Å². The largest absolute Gasteiger partial charge is 0.306 e. The lowest BCUT2D eigenvalue weighted by atomic mass is 9.90. The molecule has 1 aliphatic rings. The van der Waals surface area contributed by atoms with Crippen LogP contribution in [0.15, 0.2) is 24.3 Å². The lowest BCUT2D eigenvalue weighted by Crippen LogP contribution is -2.30. The fourth-order valence-electron chi connectivity index (χ4n) is 2.11. The number of nitrogens with zero attached hydrogens (tertiary/aromatic N) is 1. The molecule has 0 saturated carbocycles. The molecule has 0 spiro atoms. The maximum Gasteiger partial charge on any atom is -0.00190 e. The van der Waals surface area contributed by atoms with Crippen molar-refractivity contribution < 1.29 is 0 Å². The van der Waals surface area contributed by atoms with Gasteiger partial charge in [0, 0.05) is 0 Å². The molecule has 0 amide bonds. The van der Waals surface area contributed by atoms with Gasteiger partial charge in [0.1, 0.15) is 0 Å². The quantitative estimate of drug-likeness (QED) is 0.615. The summed E-state index contributed by atoms with van der Waals surface area (Å²) in [6.07, 6.45) is 9.42. The molecular weight excluding hydrogens is 218 g/mol. The molecule has 1 aliphatic heterocycles. The highest BCUT2D eigenvalue weighted by molar-refractivity contribution is 5.16. The van der Waals surface area contributed by atoms with E-state index in [2.05, 4.69) is 31.5 Å². The molecule has 0 unspecified atom stereocenters. The standard InChI is InChI=1S/C13H23N.2C2H6/c1-4-6-12(5-2)11-13-7-9-14(3)10-8-13;2*1-2/h5-6,13H,2,4,7-11H2,1,3H3;2*1-2H3/b12-6+;;. The predicted octanol–water partition coefficient (Wildman–Crippen LogP) is 5.29. The molecule has 0 bridgehead atoms. The first kappa shape index (κ1) is 19.8. The molecule has 1 nitrogen and oxygen atoms in total. The summed E-state index contributed by atoms with van der Waals surface area (Å²) in [5.74, 6) is 0.891. The smallest absolute Gasteiger partial charge is 0.00190 e. The highest BCUT2D eigenvalue weighted by Gasteiger charge is 2.16. The zero-order chi connectivity index (χ0) is 14.4. The van der Waals surface area contributed by atoms with Crippen LogP contribution in [0.4, 0.5) is 0 Å². The van der Waals surface area contributed by atoms with E-state index in [1.165, 1.54) is 37.9 Å². The van der Waals surface area contributed by atoms with E-state index in [1.54, 1.807) is 0 Å². The maximum atomic E-state index is 3.88. The molecule has 1 heterocycles. The van der Waals surface area contributed by atoms with E-state index < -0.39 is 0 Å². The third-order valence-electron chi connectivity index (χ3n) is 3.09. The van der Waals surface area contributed by atoms with Gasteiger partial charge in [-0.2, -0.15) is 0 Å². The Kier molecular flexibility index (Phi) is 15.9. The van der Waals surface area contributed by atoms with E-state index >= 15 is 0 Å². The molecule has 1 saturated heterocycles. The van der Waals surface area contributed by atoms with Crippen molar-refractivity contribution in [2.45, 2.75) is 60.3 Å². The van der Waals surface area contributed by atoms with Crippen LogP contribution in [-0.4, -0.2) is 25.0 Å². The van der Waals surface area contributed by atoms with E-state index in [9.17, 15) is 0 Å². The van der Waals surface area contributed by atoms with Gasteiger partial charge in [-0.15, -0.1) is 0 Å². The van der Waals surface area contributed by atoms with E-state index in [1.807, 2.05) is 33.8 Å². The number of rotatable bonds is 4. The van der Waals surface area contributed by atoms with Crippen LogP contribution in [0.25, 0.3) is 0 Å². The van der Waals surface area contributed by atoms with Crippen LogP contribution in [0.1, 0.15) is 60.3 Å².